The molecular formula is C22H20N2. The maximum atomic E-state index is 8.53. The van der Waals surface area contributed by atoms with Crippen molar-refractivity contribution in [1.29, 1.82) is 0 Å². The summed E-state index contributed by atoms with van der Waals surface area (Å²) in [5, 5.41) is 1.19. The Morgan fingerprint density at radius 1 is 0.958 bits per heavy atom. The van der Waals surface area contributed by atoms with Crippen LogP contribution in [0.4, 0.5) is 0 Å². The highest BCUT2D eigenvalue weighted by Crippen LogP contribution is 2.31. The molecule has 0 fully saturated rings. The van der Waals surface area contributed by atoms with Crippen molar-refractivity contribution < 1.29 is 4.11 Å². The average Bonchev–Trinajstić information content (AvgIpc) is 2.69. The van der Waals surface area contributed by atoms with E-state index in [1.165, 1.54) is 0 Å². The Hall–Kier alpha value is -2.74. The lowest BCUT2D eigenvalue weighted by molar-refractivity contribution is 0.826. The van der Waals surface area contributed by atoms with Crippen molar-refractivity contribution in [3.05, 3.63) is 71.8 Å². The van der Waals surface area contributed by atoms with Crippen LogP contribution >= 0.6 is 0 Å². The summed E-state index contributed by atoms with van der Waals surface area (Å²) in [6.45, 7) is 5.88. The van der Waals surface area contributed by atoms with Gasteiger partial charge in [0, 0.05) is 10.9 Å². The van der Waals surface area contributed by atoms with E-state index in [1.54, 1.807) is 13.0 Å². The lowest BCUT2D eigenvalue weighted by Gasteiger charge is -2.14. The number of hydrogen-bond acceptors (Lipinski definition) is 2. The van der Waals surface area contributed by atoms with Crippen molar-refractivity contribution in [2.24, 2.45) is 0 Å². The zero-order valence-corrected chi connectivity index (χ0v) is 14.0. The van der Waals surface area contributed by atoms with E-state index in [0.29, 0.717) is 27.4 Å². The molecule has 118 valence electrons. The minimum Gasteiger partial charge on any atom is -0.248 e. The molecule has 0 saturated carbocycles. The quantitative estimate of drug-likeness (QED) is 0.431. The van der Waals surface area contributed by atoms with Crippen molar-refractivity contribution in [1.82, 2.24) is 9.97 Å². The lowest BCUT2D eigenvalue weighted by atomic mass is 10.0. The molecule has 2 nitrogen and oxygen atoms in total. The van der Waals surface area contributed by atoms with Crippen LogP contribution in [0.5, 0.6) is 0 Å². The van der Waals surface area contributed by atoms with Gasteiger partial charge in [-0.3, -0.25) is 0 Å². The molecule has 0 atom stereocenters. The molecule has 0 bridgehead atoms. The SMILES string of the molecule is [2H]c1c(C)c([2H])c2c(ccc3nc(-c4ccccc4)c(C(C)C)nc32)c1[2H]. The molecule has 0 spiro atoms. The standard InChI is InChI=1S/C22H20N2/c1-14(2)20-21(17-7-5-4-6-8-17)23-19-12-11-16-10-9-15(3)13-18(16)22(19)24-20/h4-14H,1-3H3/i9D,10D,13D. The van der Waals surface area contributed by atoms with Gasteiger partial charge in [-0.15, -0.1) is 0 Å². The van der Waals surface area contributed by atoms with Gasteiger partial charge in [-0.05, 0) is 30.3 Å². The second-order valence-corrected chi connectivity index (χ2v) is 6.33. The lowest BCUT2D eigenvalue weighted by Crippen LogP contribution is -2.01. The summed E-state index contributed by atoms with van der Waals surface area (Å²) in [6.07, 6.45) is 0. The van der Waals surface area contributed by atoms with Crippen LogP contribution in [0.15, 0.2) is 60.6 Å². The molecule has 0 unspecified atom stereocenters. The summed E-state index contributed by atoms with van der Waals surface area (Å²) in [7, 11) is 0. The fourth-order valence-corrected chi connectivity index (χ4v) is 2.96. The first-order valence-corrected chi connectivity index (χ1v) is 8.16. The number of hydrogen-bond donors (Lipinski definition) is 0. The highest BCUT2D eigenvalue weighted by molar-refractivity contribution is 6.04. The molecule has 0 radical (unpaired) electrons. The molecular weight excluding hydrogens is 292 g/mol. The average molecular weight is 315 g/mol. The number of rotatable bonds is 2. The maximum absolute atomic E-state index is 8.53. The monoisotopic (exact) mass is 315 g/mol. The van der Waals surface area contributed by atoms with Gasteiger partial charge in [0.05, 0.1) is 26.5 Å². The normalized spacial score (nSPS) is 13.2. The van der Waals surface area contributed by atoms with Crippen molar-refractivity contribution >= 4 is 21.8 Å². The van der Waals surface area contributed by atoms with Crippen molar-refractivity contribution in [3.63, 3.8) is 0 Å². The van der Waals surface area contributed by atoms with Crippen LogP contribution in [0, 0.1) is 6.92 Å². The van der Waals surface area contributed by atoms with E-state index in [4.69, 9.17) is 14.1 Å². The smallest absolute Gasteiger partial charge is 0.0969 e. The van der Waals surface area contributed by atoms with Crippen molar-refractivity contribution in [3.8, 4) is 11.3 Å². The van der Waals surface area contributed by atoms with E-state index in [-0.39, 0.29) is 24.0 Å². The predicted molar refractivity (Wildman–Crippen MR) is 101 cm³/mol. The largest absolute Gasteiger partial charge is 0.248 e. The molecule has 3 aromatic carbocycles. The molecule has 2 heteroatoms. The minimum atomic E-state index is 0.102. The van der Waals surface area contributed by atoms with Gasteiger partial charge < -0.3 is 0 Å². The predicted octanol–water partition coefficient (Wildman–Crippen LogP) is 5.88. The first kappa shape index (κ1) is 11.7. The zero-order chi connectivity index (χ0) is 19.3. The Bertz CT molecular complexity index is 1190. The van der Waals surface area contributed by atoms with Crippen LogP contribution in [0.25, 0.3) is 33.1 Å². The Kier molecular flexibility index (Phi) is 2.80. The molecule has 4 aromatic rings. The van der Waals surface area contributed by atoms with Gasteiger partial charge >= 0.3 is 0 Å². The molecule has 1 aromatic heterocycles. The highest BCUT2D eigenvalue weighted by atomic mass is 14.8. The van der Waals surface area contributed by atoms with E-state index in [0.717, 1.165) is 17.0 Å². The Morgan fingerprint density at radius 3 is 2.50 bits per heavy atom. The Morgan fingerprint density at radius 2 is 1.75 bits per heavy atom. The van der Waals surface area contributed by atoms with Crippen molar-refractivity contribution in [2.75, 3.05) is 0 Å². The zero-order valence-electron chi connectivity index (χ0n) is 17.0. The third kappa shape index (κ3) is 2.44. The van der Waals surface area contributed by atoms with Gasteiger partial charge in [-0.25, -0.2) is 9.97 Å². The third-order valence-corrected chi connectivity index (χ3v) is 4.16. The van der Waals surface area contributed by atoms with Crippen LogP contribution in [-0.4, -0.2) is 9.97 Å². The van der Waals surface area contributed by atoms with Gasteiger partial charge in [-0.1, -0.05) is 67.9 Å². The molecule has 1 heterocycles. The summed E-state index contributed by atoms with van der Waals surface area (Å²) in [5.74, 6) is 0.161. The van der Waals surface area contributed by atoms with Crippen LogP contribution < -0.4 is 0 Å². The first-order chi connectivity index (χ1) is 12.9. The summed E-state index contributed by atoms with van der Waals surface area (Å²) < 4.78 is 24.9. The molecule has 24 heavy (non-hydrogen) atoms. The Labute approximate surface area is 146 Å². The van der Waals surface area contributed by atoms with Crippen LogP contribution in [-0.2, 0) is 0 Å². The second-order valence-electron chi connectivity index (χ2n) is 6.33. The molecule has 4 rings (SSSR count). The van der Waals surface area contributed by atoms with Crippen LogP contribution in [0.3, 0.4) is 0 Å². The maximum Gasteiger partial charge on any atom is 0.0969 e. The van der Waals surface area contributed by atoms with Crippen LogP contribution in [0.2, 0.25) is 0 Å². The molecule has 0 aliphatic rings. The van der Waals surface area contributed by atoms with Crippen molar-refractivity contribution in [2.45, 2.75) is 26.7 Å². The summed E-state index contributed by atoms with van der Waals surface area (Å²) >= 11 is 0. The molecule has 0 aliphatic carbocycles. The van der Waals surface area contributed by atoms with Gasteiger partial charge in [0.15, 0.2) is 0 Å². The molecule has 0 saturated heterocycles. The first-order valence-electron chi connectivity index (χ1n) is 9.66. The number of aromatic nitrogens is 2. The van der Waals surface area contributed by atoms with E-state index in [9.17, 15) is 0 Å². The fourth-order valence-electron chi connectivity index (χ4n) is 2.96. The summed E-state index contributed by atoms with van der Waals surface area (Å²) in [6, 6.07) is 14.1. The summed E-state index contributed by atoms with van der Waals surface area (Å²) in [4.78, 5) is 9.81. The van der Waals surface area contributed by atoms with Gasteiger partial charge in [0.2, 0.25) is 0 Å². The molecule has 0 amide bonds. The third-order valence-electron chi connectivity index (χ3n) is 4.16. The van der Waals surface area contributed by atoms with Gasteiger partial charge in [0.1, 0.15) is 0 Å². The van der Waals surface area contributed by atoms with E-state index >= 15 is 0 Å². The number of nitrogens with zero attached hydrogens (tertiary/aromatic N) is 2. The fraction of sp³-hybridized carbons (Fsp3) is 0.182. The highest BCUT2D eigenvalue weighted by Gasteiger charge is 2.15. The van der Waals surface area contributed by atoms with Gasteiger partial charge in [0.25, 0.3) is 0 Å². The van der Waals surface area contributed by atoms with Crippen LogP contribution in [0.1, 0.15) is 35.1 Å². The topological polar surface area (TPSA) is 25.8 Å². The van der Waals surface area contributed by atoms with Gasteiger partial charge in [-0.2, -0.15) is 0 Å². The minimum absolute atomic E-state index is 0.102. The summed E-state index contributed by atoms with van der Waals surface area (Å²) in [5.41, 5.74) is 4.58. The molecule has 0 N–H and O–H groups in total. The number of fused-ring (bicyclic) bond motifs is 3. The van der Waals surface area contributed by atoms with E-state index in [2.05, 4.69) is 13.8 Å². The second kappa shape index (κ2) is 5.72. The van der Waals surface area contributed by atoms with E-state index < -0.39 is 0 Å². The van der Waals surface area contributed by atoms with E-state index in [1.807, 2.05) is 36.4 Å². The molecule has 0 aliphatic heterocycles. The Balaban J connectivity index is 2.16. The number of benzene rings is 3.